The second-order valence-electron chi connectivity index (χ2n) is 7.97. The van der Waals surface area contributed by atoms with E-state index in [-0.39, 0.29) is 11.8 Å². The number of nitrogens with zero attached hydrogens (tertiary/aromatic N) is 2. The molecule has 5 heteroatoms. The molecule has 32 heavy (non-hydrogen) atoms. The number of imide groups is 1. The highest BCUT2D eigenvalue weighted by Crippen LogP contribution is 2.37. The van der Waals surface area contributed by atoms with Crippen molar-refractivity contribution in [3.05, 3.63) is 106 Å². The summed E-state index contributed by atoms with van der Waals surface area (Å²) in [6, 6.07) is 22.8. The molecule has 1 aliphatic rings. The van der Waals surface area contributed by atoms with Crippen LogP contribution in [0.25, 0.3) is 5.57 Å². The number of carbonyl (C=O) groups excluding carboxylic acids is 2. The van der Waals surface area contributed by atoms with Crippen LogP contribution >= 0.6 is 11.6 Å². The Morgan fingerprint density at radius 1 is 0.875 bits per heavy atom. The summed E-state index contributed by atoms with van der Waals surface area (Å²) in [5, 5.41) is 0.579. The molecular formula is C27H25ClN2O2. The number of amides is 2. The largest absolute Gasteiger partial charge is 0.362 e. The Morgan fingerprint density at radius 2 is 1.56 bits per heavy atom. The van der Waals surface area contributed by atoms with E-state index in [1.54, 1.807) is 24.3 Å². The molecule has 2 amide bonds. The third-order valence-corrected chi connectivity index (χ3v) is 5.95. The summed E-state index contributed by atoms with van der Waals surface area (Å²) in [6.45, 7) is 7.02. The van der Waals surface area contributed by atoms with Crippen LogP contribution in [-0.4, -0.2) is 23.3 Å². The molecule has 0 N–H and O–H groups in total. The number of aryl methyl sites for hydroxylation is 2. The van der Waals surface area contributed by atoms with E-state index in [4.69, 9.17) is 11.6 Å². The molecule has 3 aromatic rings. The predicted molar refractivity (Wildman–Crippen MR) is 129 cm³/mol. The Kier molecular flexibility index (Phi) is 6.15. The van der Waals surface area contributed by atoms with Gasteiger partial charge in [0, 0.05) is 18.1 Å². The van der Waals surface area contributed by atoms with Crippen LogP contribution < -0.4 is 4.90 Å². The van der Waals surface area contributed by atoms with Crippen molar-refractivity contribution in [3.63, 3.8) is 0 Å². The van der Waals surface area contributed by atoms with Gasteiger partial charge in [-0.2, -0.15) is 0 Å². The second-order valence-corrected chi connectivity index (χ2v) is 8.40. The first-order valence-corrected chi connectivity index (χ1v) is 11.0. The molecule has 162 valence electrons. The third kappa shape index (κ3) is 4.06. The molecule has 1 aliphatic heterocycles. The first-order chi connectivity index (χ1) is 15.4. The molecule has 4 rings (SSSR count). The molecule has 0 fully saturated rings. The lowest BCUT2D eigenvalue weighted by Gasteiger charge is -2.25. The van der Waals surface area contributed by atoms with Crippen LogP contribution in [0, 0.1) is 13.8 Å². The van der Waals surface area contributed by atoms with Gasteiger partial charge in [0.2, 0.25) is 0 Å². The van der Waals surface area contributed by atoms with Gasteiger partial charge in [-0.25, -0.2) is 4.90 Å². The summed E-state index contributed by atoms with van der Waals surface area (Å²) in [6.07, 6.45) is 0. The highest BCUT2D eigenvalue weighted by atomic mass is 35.5. The van der Waals surface area contributed by atoms with Crippen LogP contribution in [0.4, 0.5) is 5.69 Å². The Hall–Kier alpha value is -3.37. The average Bonchev–Trinajstić information content (AvgIpc) is 3.04. The van der Waals surface area contributed by atoms with Gasteiger partial charge in [-0.05, 0) is 55.7 Å². The van der Waals surface area contributed by atoms with Gasteiger partial charge in [0.05, 0.1) is 11.3 Å². The topological polar surface area (TPSA) is 40.6 Å². The van der Waals surface area contributed by atoms with Crippen LogP contribution in [0.15, 0.2) is 78.5 Å². The lowest BCUT2D eigenvalue weighted by Crippen LogP contribution is -2.35. The van der Waals surface area contributed by atoms with Crippen molar-refractivity contribution in [3.8, 4) is 0 Å². The molecule has 4 nitrogen and oxygen atoms in total. The number of carbonyl (C=O) groups is 2. The quantitative estimate of drug-likeness (QED) is 0.453. The van der Waals surface area contributed by atoms with Gasteiger partial charge in [-0.1, -0.05) is 71.8 Å². The molecule has 0 radical (unpaired) electrons. The van der Waals surface area contributed by atoms with Crippen LogP contribution in [0.5, 0.6) is 0 Å². The first kappa shape index (κ1) is 21.8. The van der Waals surface area contributed by atoms with Crippen molar-refractivity contribution in [1.82, 2.24) is 4.90 Å². The number of hydrogen-bond acceptors (Lipinski definition) is 3. The molecule has 1 heterocycles. The van der Waals surface area contributed by atoms with E-state index in [2.05, 4.69) is 0 Å². The summed E-state index contributed by atoms with van der Waals surface area (Å²) in [7, 11) is 0. The summed E-state index contributed by atoms with van der Waals surface area (Å²) >= 11 is 6.09. The van der Waals surface area contributed by atoms with E-state index in [1.165, 1.54) is 4.90 Å². The fourth-order valence-corrected chi connectivity index (χ4v) is 4.24. The molecule has 0 spiro atoms. The highest BCUT2D eigenvalue weighted by Gasteiger charge is 2.42. The van der Waals surface area contributed by atoms with Crippen molar-refractivity contribution in [2.45, 2.75) is 27.3 Å². The molecule has 0 bridgehead atoms. The second kappa shape index (κ2) is 9.01. The maximum Gasteiger partial charge on any atom is 0.282 e. The van der Waals surface area contributed by atoms with Gasteiger partial charge in [0.25, 0.3) is 11.8 Å². The SMILES string of the molecule is CCN(Cc1ccccc1)C1=C(c2ccc(Cl)cc2)C(=O)N(c2ccc(C)cc2C)C1=O. The maximum atomic E-state index is 13.8. The van der Waals surface area contributed by atoms with Crippen molar-refractivity contribution in [2.24, 2.45) is 0 Å². The van der Waals surface area contributed by atoms with Crippen LogP contribution in [0.3, 0.4) is 0 Å². The van der Waals surface area contributed by atoms with E-state index in [0.717, 1.165) is 16.7 Å². The molecule has 0 saturated heterocycles. The minimum Gasteiger partial charge on any atom is -0.362 e. The average molecular weight is 445 g/mol. The van der Waals surface area contributed by atoms with Crippen molar-refractivity contribution < 1.29 is 9.59 Å². The van der Waals surface area contributed by atoms with Gasteiger partial charge in [0.15, 0.2) is 0 Å². The number of rotatable bonds is 6. The molecular weight excluding hydrogens is 420 g/mol. The molecule has 3 aromatic carbocycles. The van der Waals surface area contributed by atoms with Gasteiger partial charge < -0.3 is 4.90 Å². The molecule has 0 aliphatic carbocycles. The zero-order valence-corrected chi connectivity index (χ0v) is 19.2. The first-order valence-electron chi connectivity index (χ1n) is 10.7. The Balaban J connectivity index is 1.85. The van der Waals surface area contributed by atoms with Crippen molar-refractivity contribution in [1.29, 1.82) is 0 Å². The fraction of sp³-hybridized carbons (Fsp3) is 0.185. The lowest BCUT2D eigenvalue weighted by atomic mass is 10.0. The van der Waals surface area contributed by atoms with E-state index >= 15 is 0 Å². The highest BCUT2D eigenvalue weighted by molar-refractivity contribution is 6.45. The summed E-state index contributed by atoms with van der Waals surface area (Å²) in [4.78, 5) is 30.8. The third-order valence-electron chi connectivity index (χ3n) is 5.70. The maximum absolute atomic E-state index is 13.8. The fourth-order valence-electron chi connectivity index (χ4n) is 4.12. The summed E-state index contributed by atoms with van der Waals surface area (Å²) < 4.78 is 0. The Morgan fingerprint density at radius 3 is 2.19 bits per heavy atom. The molecule has 0 unspecified atom stereocenters. The van der Waals surface area contributed by atoms with Gasteiger partial charge in [-0.15, -0.1) is 0 Å². The minimum atomic E-state index is -0.314. The van der Waals surface area contributed by atoms with E-state index in [1.807, 2.05) is 74.2 Å². The van der Waals surface area contributed by atoms with Crippen LogP contribution in [0.2, 0.25) is 5.02 Å². The zero-order chi connectivity index (χ0) is 22.8. The normalized spacial score (nSPS) is 13.8. The van der Waals surface area contributed by atoms with E-state index in [0.29, 0.717) is 40.6 Å². The van der Waals surface area contributed by atoms with E-state index in [9.17, 15) is 9.59 Å². The van der Waals surface area contributed by atoms with Crippen molar-refractivity contribution in [2.75, 3.05) is 11.4 Å². The summed E-state index contributed by atoms with van der Waals surface area (Å²) in [5.41, 5.74) is 5.16. The number of hydrogen-bond donors (Lipinski definition) is 0. The Bertz CT molecular complexity index is 1200. The number of benzene rings is 3. The van der Waals surface area contributed by atoms with Gasteiger partial charge >= 0.3 is 0 Å². The van der Waals surface area contributed by atoms with Gasteiger partial charge in [-0.3, -0.25) is 9.59 Å². The standard InChI is InChI=1S/C27H25ClN2O2/c1-4-29(17-20-8-6-5-7-9-20)25-24(21-11-13-22(28)14-12-21)26(31)30(27(25)32)23-15-10-18(2)16-19(23)3/h5-16H,4,17H2,1-3H3. The van der Waals surface area contributed by atoms with Crippen molar-refractivity contribution >= 4 is 34.7 Å². The molecule has 0 atom stereocenters. The smallest absolute Gasteiger partial charge is 0.282 e. The Labute approximate surface area is 193 Å². The lowest BCUT2D eigenvalue weighted by molar-refractivity contribution is -0.120. The van der Waals surface area contributed by atoms with Gasteiger partial charge in [0.1, 0.15) is 5.70 Å². The number of halogens is 1. The molecule has 0 saturated carbocycles. The minimum absolute atomic E-state index is 0.301. The van der Waals surface area contributed by atoms with Crippen LogP contribution in [-0.2, 0) is 16.1 Å². The van der Waals surface area contributed by atoms with E-state index < -0.39 is 0 Å². The number of likely N-dealkylation sites (N-methyl/N-ethyl adjacent to an activating group) is 1. The monoisotopic (exact) mass is 444 g/mol. The number of anilines is 1. The predicted octanol–water partition coefficient (Wildman–Crippen LogP) is 5.76. The summed E-state index contributed by atoms with van der Waals surface area (Å²) in [5.74, 6) is -0.615. The molecule has 0 aromatic heterocycles. The zero-order valence-electron chi connectivity index (χ0n) is 18.4. The van der Waals surface area contributed by atoms with Crippen LogP contribution in [0.1, 0.15) is 29.2 Å².